The van der Waals surface area contributed by atoms with E-state index in [0.717, 1.165) is 0 Å². The molecule has 2 N–H and O–H groups in total. The van der Waals surface area contributed by atoms with E-state index in [2.05, 4.69) is 10.6 Å². The number of benzene rings is 1. The predicted octanol–water partition coefficient (Wildman–Crippen LogP) is 1.09. The van der Waals surface area contributed by atoms with Gasteiger partial charge in [-0.3, -0.25) is 14.9 Å². The Hall–Kier alpha value is -1.89. The van der Waals surface area contributed by atoms with E-state index in [-0.39, 0.29) is 23.0 Å². The third-order valence-electron chi connectivity index (χ3n) is 3.26. The number of carbonyl (C=O) groups is 2. The van der Waals surface area contributed by atoms with Crippen LogP contribution in [0, 0.1) is 0 Å². The molecule has 0 saturated carbocycles. The molecule has 1 aliphatic heterocycles. The Kier molecular flexibility index (Phi) is 4.62. The molecule has 2 rings (SSSR count). The Morgan fingerprint density at radius 1 is 1.29 bits per heavy atom. The standard InChI is InChI=1S/C14H18N2O4S/c1-2-9-21(19,20)12-6-4-3-5-10(12)15-11-7-8-13(17)16-14(11)18/h3-6,11,15H,2,7-9H2,1H3,(H,16,17,18). The van der Waals surface area contributed by atoms with Crippen LogP contribution in [-0.2, 0) is 19.4 Å². The molecule has 1 saturated heterocycles. The minimum absolute atomic E-state index is 0.0566. The largest absolute Gasteiger partial charge is 0.373 e. The molecule has 6 nitrogen and oxygen atoms in total. The quantitative estimate of drug-likeness (QED) is 0.794. The Bertz CT molecular complexity index is 655. The number of rotatable bonds is 5. The molecule has 0 spiro atoms. The van der Waals surface area contributed by atoms with E-state index < -0.39 is 21.8 Å². The molecular formula is C14H18N2O4S. The lowest BCUT2D eigenvalue weighted by atomic mass is 10.1. The average Bonchev–Trinajstić information content (AvgIpc) is 2.42. The van der Waals surface area contributed by atoms with E-state index in [1.807, 2.05) is 0 Å². The third kappa shape index (κ3) is 3.60. The van der Waals surface area contributed by atoms with Crippen molar-refractivity contribution in [2.45, 2.75) is 37.1 Å². The van der Waals surface area contributed by atoms with Crippen molar-refractivity contribution in [3.8, 4) is 0 Å². The van der Waals surface area contributed by atoms with Gasteiger partial charge in [-0.2, -0.15) is 0 Å². The fourth-order valence-corrected chi connectivity index (χ4v) is 3.76. The average molecular weight is 310 g/mol. The SMILES string of the molecule is CCCS(=O)(=O)c1ccccc1NC1CCC(=O)NC1=O. The zero-order chi connectivity index (χ0) is 15.5. The van der Waals surface area contributed by atoms with Crippen molar-refractivity contribution in [2.24, 2.45) is 0 Å². The van der Waals surface area contributed by atoms with Crippen LogP contribution in [-0.4, -0.2) is 32.0 Å². The van der Waals surface area contributed by atoms with Gasteiger partial charge in [0.2, 0.25) is 11.8 Å². The number of para-hydroxylation sites is 1. The van der Waals surface area contributed by atoms with Crippen LogP contribution in [0.3, 0.4) is 0 Å². The highest BCUT2D eigenvalue weighted by atomic mass is 32.2. The van der Waals surface area contributed by atoms with Gasteiger partial charge in [-0.15, -0.1) is 0 Å². The predicted molar refractivity (Wildman–Crippen MR) is 78.6 cm³/mol. The molecule has 0 aliphatic carbocycles. The molecule has 1 atom stereocenters. The molecule has 1 fully saturated rings. The number of nitrogens with one attached hydrogen (secondary N) is 2. The molecule has 1 heterocycles. The van der Waals surface area contributed by atoms with Crippen LogP contribution in [0.1, 0.15) is 26.2 Å². The Morgan fingerprint density at radius 2 is 2.00 bits per heavy atom. The number of imide groups is 1. The van der Waals surface area contributed by atoms with Gasteiger partial charge in [-0.1, -0.05) is 19.1 Å². The van der Waals surface area contributed by atoms with Gasteiger partial charge in [0.1, 0.15) is 6.04 Å². The third-order valence-corrected chi connectivity index (χ3v) is 5.24. The summed E-state index contributed by atoms with van der Waals surface area (Å²) < 4.78 is 24.5. The summed E-state index contributed by atoms with van der Waals surface area (Å²) in [4.78, 5) is 23.1. The number of amides is 2. The van der Waals surface area contributed by atoms with Gasteiger partial charge >= 0.3 is 0 Å². The van der Waals surface area contributed by atoms with Crippen LogP contribution in [0.4, 0.5) is 5.69 Å². The summed E-state index contributed by atoms with van der Waals surface area (Å²) in [6, 6.07) is 5.92. The van der Waals surface area contributed by atoms with Crippen LogP contribution in [0.5, 0.6) is 0 Å². The lowest BCUT2D eigenvalue weighted by molar-refractivity contribution is -0.133. The maximum atomic E-state index is 12.2. The molecule has 21 heavy (non-hydrogen) atoms. The molecule has 0 aromatic heterocycles. The molecule has 2 amide bonds. The van der Waals surface area contributed by atoms with Crippen molar-refractivity contribution in [3.63, 3.8) is 0 Å². The van der Waals surface area contributed by atoms with Crippen molar-refractivity contribution in [3.05, 3.63) is 24.3 Å². The molecule has 1 aromatic rings. The number of sulfone groups is 1. The summed E-state index contributed by atoms with van der Waals surface area (Å²) in [5, 5.41) is 5.18. The molecule has 0 bridgehead atoms. The van der Waals surface area contributed by atoms with Crippen molar-refractivity contribution in [1.29, 1.82) is 0 Å². The van der Waals surface area contributed by atoms with Crippen LogP contribution in [0.25, 0.3) is 0 Å². The van der Waals surface area contributed by atoms with E-state index in [0.29, 0.717) is 18.5 Å². The molecule has 7 heteroatoms. The van der Waals surface area contributed by atoms with E-state index in [1.165, 1.54) is 6.07 Å². The van der Waals surface area contributed by atoms with Crippen molar-refractivity contribution in [2.75, 3.05) is 11.1 Å². The first-order valence-electron chi connectivity index (χ1n) is 6.86. The number of anilines is 1. The van der Waals surface area contributed by atoms with Crippen LogP contribution < -0.4 is 10.6 Å². The first kappa shape index (κ1) is 15.5. The maximum Gasteiger partial charge on any atom is 0.249 e. The van der Waals surface area contributed by atoms with E-state index >= 15 is 0 Å². The second kappa shape index (κ2) is 6.26. The molecule has 0 radical (unpaired) electrons. The highest BCUT2D eigenvalue weighted by Gasteiger charge is 2.28. The fourth-order valence-electron chi connectivity index (χ4n) is 2.25. The van der Waals surface area contributed by atoms with E-state index in [1.54, 1.807) is 25.1 Å². The minimum Gasteiger partial charge on any atom is -0.373 e. The summed E-state index contributed by atoms with van der Waals surface area (Å²) in [6.07, 6.45) is 1.12. The molecule has 1 unspecified atom stereocenters. The Balaban J connectivity index is 2.25. The fraction of sp³-hybridized carbons (Fsp3) is 0.429. The van der Waals surface area contributed by atoms with Gasteiger partial charge in [0, 0.05) is 6.42 Å². The summed E-state index contributed by atoms with van der Waals surface area (Å²) in [6.45, 7) is 1.80. The second-order valence-corrected chi connectivity index (χ2v) is 7.04. The van der Waals surface area contributed by atoms with Gasteiger partial charge in [0.15, 0.2) is 9.84 Å². The number of hydrogen-bond acceptors (Lipinski definition) is 5. The summed E-state index contributed by atoms with van der Waals surface area (Å²) in [5.41, 5.74) is 0.403. The monoisotopic (exact) mass is 310 g/mol. The van der Waals surface area contributed by atoms with Crippen LogP contribution in [0.2, 0.25) is 0 Å². The first-order chi connectivity index (χ1) is 9.94. The van der Waals surface area contributed by atoms with Crippen LogP contribution in [0.15, 0.2) is 29.2 Å². The zero-order valence-corrected chi connectivity index (χ0v) is 12.6. The highest BCUT2D eigenvalue weighted by molar-refractivity contribution is 7.91. The first-order valence-corrected chi connectivity index (χ1v) is 8.51. The molecule has 114 valence electrons. The van der Waals surface area contributed by atoms with Crippen molar-refractivity contribution >= 4 is 27.3 Å². The van der Waals surface area contributed by atoms with Crippen molar-refractivity contribution in [1.82, 2.24) is 5.32 Å². The minimum atomic E-state index is -3.38. The topological polar surface area (TPSA) is 92.3 Å². The van der Waals surface area contributed by atoms with Gasteiger partial charge in [-0.25, -0.2) is 8.42 Å². The summed E-state index contributed by atoms with van der Waals surface area (Å²) in [5.74, 6) is -0.667. The molecule has 1 aromatic carbocycles. The van der Waals surface area contributed by atoms with Crippen molar-refractivity contribution < 1.29 is 18.0 Å². The lowest BCUT2D eigenvalue weighted by Crippen LogP contribution is -2.47. The normalized spacial score (nSPS) is 19.2. The molecule has 1 aliphatic rings. The van der Waals surface area contributed by atoms with Gasteiger partial charge in [-0.05, 0) is 25.0 Å². The molecular weight excluding hydrogens is 292 g/mol. The Morgan fingerprint density at radius 3 is 2.67 bits per heavy atom. The number of hydrogen-bond donors (Lipinski definition) is 2. The smallest absolute Gasteiger partial charge is 0.249 e. The van der Waals surface area contributed by atoms with Gasteiger partial charge in [0.25, 0.3) is 0 Å². The Labute approximate surface area is 123 Å². The van der Waals surface area contributed by atoms with Gasteiger partial charge in [0.05, 0.1) is 16.3 Å². The zero-order valence-electron chi connectivity index (χ0n) is 11.8. The summed E-state index contributed by atoms with van der Waals surface area (Å²) >= 11 is 0. The summed E-state index contributed by atoms with van der Waals surface area (Å²) in [7, 11) is -3.38. The number of carbonyl (C=O) groups excluding carboxylic acids is 2. The van der Waals surface area contributed by atoms with E-state index in [4.69, 9.17) is 0 Å². The maximum absolute atomic E-state index is 12.2. The second-order valence-electron chi connectivity index (χ2n) is 4.96. The number of piperidine rings is 1. The van der Waals surface area contributed by atoms with Gasteiger partial charge < -0.3 is 5.32 Å². The highest BCUT2D eigenvalue weighted by Crippen LogP contribution is 2.24. The lowest BCUT2D eigenvalue weighted by Gasteiger charge is -2.24. The van der Waals surface area contributed by atoms with E-state index in [9.17, 15) is 18.0 Å². The van der Waals surface area contributed by atoms with Crippen LogP contribution >= 0.6 is 0 Å².